The highest BCUT2D eigenvalue weighted by Gasteiger charge is 2.00. The Hall–Kier alpha value is -4.92. The van der Waals surface area contributed by atoms with Gasteiger partial charge in [0.2, 0.25) is 0 Å². The van der Waals surface area contributed by atoms with Crippen LogP contribution in [0.15, 0.2) is 157 Å². The molecular formula is C58H91BrN4. The first-order valence-corrected chi connectivity index (χ1v) is 21.0. The molecule has 0 bridgehead atoms. The highest BCUT2D eigenvalue weighted by molar-refractivity contribution is 9.10. The molecule has 0 N–H and O–H groups in total. The second kappa shape index (κ2) is 41.1. The van der Waals surface area contributed by atoms with Crippen LogP contribution in [0.5, 0.6) is 0 Å². The number of halogens is 1. The van der Waals surface area contributed by atoms with Crippen molar-refractivity contribution in [2.24, 2.45) is 0 Å². The Morgan fingerprint density at radius 1 is 0.397 bits per heavy atom. The maximum absolute atomic E-state index is 8.59. The van der Waals surface area contributed by atoms with E-state index in [-0.39, 0.29) is 44.6 Å². The summed E-state index contributed by atoms with van der Waals surface area (Å²) in [5.41, 5.74) is 8.59. The van der Waals surface area contributed by atoms with E-state index in [0.717, 1.165) is 11.3 Å². The van der Waals surface area contributed by atoms with Crippen LogP contribution in [-0.2, 0) is 0 Å². The smallest absolute Gasteiger partial charge is 0.0991 e. The monoisotopic (exact) mass is 923 g/mol. The summed E-state index contributed by atoms with van der Waals surface area (Å²) in [5, 5.41) is 8.59. The minimum absolute atomic E-state index is 0. The molecule has 0 atom stereocenters. The Labute approximate surface area is 399 Å². The van der Waals surface area contributed by atoms with Crippen molar-refractivity contribution < 1.29 is 0 Å². The Balaban J connectivity index is -0.000000152. The van der Waals surface area contributed by atoms with Crippen molar-refractivity contribution in [1.29, 1.82) is 5.26 Å². The summed E-state index contributed by atoms with van der Waals surface area (Å²) in [6, 6.07) is 43.0. The lowest BCUT2D eigenvalue weighted by molar-refractivity contribution is 0.823. The second-order valence-corrected chi connectivity index (χ2v) is 16.4. The number of nitriles is 1. The molecule has 0 spiro atoms. The number of pyridine rings is 3. The van der Waals surface area contributed by atoms with Crippen molar-refractivity contribution in [3.63, 3.8) is 0 Å². The van der Waals surface area contributed by atoms with E-state index in [0.29, 0.717) is 35.5 Å². The van der Waals surface area contributed by atoms with Crippen LogP contribution in [0.25, 0.3) is 0 Å². The third-order valence-corrected chi connectivity index (χ3v) is 9.16. The van der Waals surface area contributed by atoms with Gasteiger partial charge in [-0.3, -0.25) is 15.0 Å². The highest BCUT2D eigenvalue weighted by atomic mass is 79.9. The van der Waals surface area contributed by atoms with Gasteiger partial charge in [-0.05, 0) is 118 Å². The largest absolute Gasteiger partial charge is 0.265 e. The van der Waals surface area contributed by atoms with Gasteiger partial charge in [-0.1, -0.05) is 210 Å². The molecule has 6 rings (SSSR count). The van der Waals surface area contributed by atoms with Crippen LogP contribution in [-0.4, -0.2) is 15.0 Å². The summed E-state index contributed by atoms with van der Waals surface area (Å²) in [6.07, 6.45) is 9.19. The van der Waals surface area contributed by atoms with Crippen LogP contribution < -0.4 is 0 Å². The molecule has 4 nitrogen and oxygen atoms in total. The standard InChI is InChI=1S/C10H11N.C9H11Br.C9H12.3C8H11N.6CH4/c1-8(2)10-5-3-4-9(6-10)7-11;1-7(2)8-4-3-5-9(10)6-8;1-8(2)9-6-4-3-5-7-9;1-7(2)8-3-5-9-6-4-8;1-7(2)8-4-3-5-9-6-8;1-7(2)8-5-3-4-6-9-8;;;;;;/h3-6,8H,1-2H3;3-7H,1-2H3;3-8H,1-2H3;3*3-7H,1-2H3;6*1H4. The van der Waals surface area contributed by atoms with E-state index in [9.17, 15) is 0 Å². The molecule has 0 saturated heterocycles. The molecule has 350 valence electrons. The number of rotatable bonds is 6. The van der Waals surface area contributed by atoms with E-state index in [1.54, 1.807) is 6.20 Å². The SMILES string of the molecule is C.C.C.C.C.C.CC(C)c1cccc(Br)c1.CC(C)c1cccc(C#N)c1.CC(C)c1ccccc1.CC(C)c1ccccn1.CC(C)c1cccnc1.CC(C)c1ccncc1. The highest BCUT2D eigenvalue weighted by Crippen LogP contribution is 2.19. The first-order chi connectivity index (χ1) is 27.2. The van der Waals surface area contributed by atoms with Crippen molar-refractivity contribution in [1.82, 2.24) is 15.0 Å². The zero-order chi connectivity index (χ0) is 42.6. The van der Waals surface area contributed by atoms with Crippen molar-refractivity contribution >= 4 is 15.9 Å². The van der Waals surface area contributed by atoms with E-state index in [1.165, 1.54) is 32.3 Å². The van der Waals surface area contributed by atoms with Gasteiger partial charge in [0.15, 0.2) is 0 Å². The third-order valence-electron chi connectivity index (χ3n) is 8.67. The molecular weight excluding hydrogens is 833 g/mol. The number of benzene rings is 3. The first-order valence-electron chi connectivity index (χ1n) is 20.2. The summed E-state index contributed by atoms with van der Waals surface area (Å²) in [4.78, 5) is 12.1. The van der Waals surface area contributed by atoms with Crippen LogP contribution in [0.4, 0.5) is 0 Å². The average Bonchev–Trinajstić information content (AvgIpc) is 3.23. The molecule has 0 aliphatic rings. The number of aromatic nitrogens is 3. The topological polar surface area (TPSA) is 62.5 Å². The molecule has 0 radical (unpaired) electrons. The van der Waals surface area contributed by atoms with E-state index in [1.807, 2.05) is 97.6 Å². The number of nitrogens with zero attached hydrogens (tertiary/aromatic N) is 4. The van der Waals surface area contributed by atoms with E-state index >= 15 is 0 Å². The minimum atomic E-state index is 0. The van der Waals surface area contributed by atoms with Gasteiger partial charge in [0, 0.05) is 41.2 Å². The predicted octanol–water partition coefficient (Wildman–Crippen LogP) is 19.5. The molecule has 3 aromatic heterocycles. The molecule has 0 aliphatic carbocycles. The Morgan fingerprint density at radius 3 is 1.17 bits per heavy atom. The molecule has 0 unspecified atom stereocenters. The van der Waals surface area contributed by atoms with E-state index < -0.39 is 0 Å². The fourth-order valence-corrected chi connectivity index (χ4v) is 5.27. The summed E-state index contributed by atoms with van der Waals surface area (Å²) in [7, 11) is 0. The third kappa shape index (κ3) is 32.4. The molecule has 0 aliphatic heterocycles. The van der Waals surface area contributed by atoms with Crippen molar-refractivity contribution in [3.05, 3.63) is 196 Å². The lowest BCUT2D eigenvalue weighted by Gasteiger charge is -2.03. The Bertz CT molecular complexity index is 1730. The molecule has 3 aromatic carbocycles. The van der Waals surface area contributed by atoms with Gasteiger partial charge in [0.25, 0.3) is 0 Å². The quantitative estimate of drug-likeness (QED) is 0.167. The van der Waals surface area contributed by atoms with Crippen molar-refractivity contribution in [3.8, 4) is 6.07 Å². The minimum Gasteiger partial charge on any atom is -0.265 e. The normalized spacial score (nSPS) is 9.11. The maximum Gasteiger partial charge on any atom is 0.0991 e. The maximum atomic E-state index is 8.59. The Morgan fingerprint density at radius 2 is 0.841 bits per heavy atom. The molecule has 0 amide bonds. The van der Waals surface area contributed by atoms with Crippen LogP contribution in [0.1, 0.15) is 202 Å². The summed E-state index contributed by atoms with van der Waals surface area (Å²) in [5.74, 6) is 3.55. The second-order valence-electron chi connectivity index (χ2n) is 15.5. The average molecular weight is 924 g/mol. The molecule has 63 heavy (non-hydrogen) atoms. The summed E-state index contributed by atoms with van der Waals surface area (Å²) < 4.78 is 1.17. The molecule has 6 aromatic rings. The lowest BCUT2D eigenvalue weighted by Crippen LogP contribution is -1.88. The first kappa shape index (κ1) is 69.8. The molecule has 5 heteroatoms. The number of hydrogen-bond acceptors (Lipinski definition) is 4. The molecule has 0 saturated carbocycles. The Kier molecular flexibility index (Phi) is 45.5. The van der Waals surface area contributed by atoms with Crippen LogP contribution >= 0.6 is 15.9 Å². The van der Waals surface area contributed by atoms with Crippen molar-refractivity contribution in [2.45, 2.75) is 163 Å². The van der Waals surface area contributed by atoms with Gasteiger partial charge < -0.3 is 0 Å². The fourth-order valence-electron chi connectivity index (χ4n) is 4.85. The van der Waals surface area contributed by atoms with E-state index in [2.05, 4.69) is 169 Å². The zero-order valence-electron chi connectivity index (χ0n) is 36.6. The summed E-state index contributed by atoms with van der Waals surface area (Å²) in [6.45, 7) is 26.0. The van der Waals surface area contributed by atoms with Crippen molar-refractivity contribution in [2.75, 3.05) is 0 Å². The van der Waals surface area contributed by atoms with Gasteiger partial charge in [0.1, 0.15) is 0 Å². The predicted molar refractivity (Wildman–Crippen MR) is 289 cm³/mol. The number of hydrogen-bond donors (Lipinski definition) is 0. The summed E-state index contributed by atoms with van der Waals surface area (Å²) >= 11 is 3.43. The van der Waals surface area contributed by atoms with Gasteiger partial charge in [-0.15, -0.1) is 0 Å². The fraction of sp³-hybridized carbons (Fsp3) is 0.414. The van der Waals surface area contributed by atoms with E-state index in [4.69, 9.17) is 5.26 Å². The van der Waals surface area contributed by atoms with Crippen LogP contribution in [0.2, 0.25) is 0 Å². The van der Waals surface area contributed by atoms with Gasteiger partial charge in [-0.25, -0.2) is 0 Å². The van der Waals surface area contributed by atoms with Gasteiger partial charge in [-0.2, -0.15) is 5.26 Å². The van der Waals surface area contributed by atoms with Crippen LogP contribution in [0.3, 0.4) is 0 Å². The van der Waals surface area contributed by atoms with Gasteiger partial charge >= 0.3 is 0 Å². The van der Waals surface area contributed by atoms with Crippen LogP contribution in [0, 0.1) is 11.3 Å². The van der Waals surface area contributed by atoms with Gasteiger partial charge in [0.05, 0.1) is 11.6 Å². The molecule has 0 fully saturated rings. The zero-order valence-corrected chi connectivity index (χ0v) is 38.2. The molecule has 3 heterocycles. The lowest BCUT2D eigenvalue weighted by atomic mass is 10.0.